The van der Waals surface area contributed by atoms with Gasteiger partial charge in [0.15, 0.2) is 0 Å². The van der Waals surface area contributed by atoms with Gasteiger partial charge in [-0.05, 0) is 36.1 Å². The Morgan fingerprint density at radius 2 is 1.79 bits per heavy atom. The molecule has 2 unspecified atom stereocenters. The normalized spacial score (nSPS) is 13.1. The maximum absolute atomic E-state index is 12.2. The van der Waals surface area contributed by atoms with E-state index in [9.17, 15) is 4.79 Å². The molecule has 28 heavy (non-hydrogen) atoms. The molecule has 7 heteroatoms. The highest BCUT2D eigenvalue weighted by Gasteiger charge is 2.15. The van der Waals surface area contributed by atoms with Crippen LogP contribution in [0, 0.1) is 0 Å². The van der Waals surface area contributed by atoms with E-state index in [1.165, 1.54) is 17.3 Å². The summed E-state index contributed by atoms with van der Waals surface area (Å²) in [5.41, 5.74) is 2.23. The summed E-state index contributed by atoms with van der Waals surface area (Å²) in [5.74, 6) is 0.982. The molecular formula is C21H22ClN3O2S. The number of aromatic nitrogens is 2. The number of thioether (sulfide) groups is 1. The Hall–Kier alpha value is -2.31. The summed E-state index contributed by atoms with van der Waals surface area (Å²) in [7, 11) is 0. The van der Waals surface area contributed by atoms with Gasteiger partial charge in [0.1, 0.15) is 0 Å². The van der Waals surface area contributed by atoms with Crippen molar-refractivity contribution >= 4 is 29.3 Å². The van der Waals surface area contributed by atoms with Gasteiger partial charge in [0.2, 0.25) is 11.8 Å². The Balaban J connectivity index is 1.47. The van der Waals surface area contributed by atoms with Crippen LogP contribution in [-0.2, 0) is 11.2 Å². The molecule has 3 rings (SSSR count). The van der Waals surface area contributed by atoms with Crippen molar-refractivity contribution in [3.8, 4) is 0 Å². The summed E-state index contributed by atoms with van der Waals surface area (Å²) >= 11 is 7.13. The van der Waals surface area contributed by atoms with Crippen molar-refractivity contribution in [2.24, 2.45) is 0 Å². The topological polar surface area (TPSA) is 68.0 Å². The Morgan fingerprint density at radius 1 is 1.07 bits per heavy atom. The van der Waals surface area contributed by atoms with E-state index in [1.54, 1.807) is 0 Å². The second-order valence-electron chi connectivity index (χ2n) is 6.61. The zero-order valence-electron chi connectivity index (χ0n) is 15.8. The van der Waals surface area contributed by atoms with Gasteiger partial charge in [-0.2, -0.15) is 0 Å². The van der Waals surface area contributed by atoms with Crippen molar-refractivity contribution in [2.45, 2.75) is 37.5 Å². The maximum atomic E-state index is 12.2. The second kappa shape index (κ2) is 9.75. The highest BCUT2D eigenvalue weighted by molar-refractivity contribution is 7.99. The summed E-state index contributed by atoms with van der Waals surface area (Å²) in [6, 6.07) is 17.5. The standard InChI is InChI=1S/C21H22ClN3O2S/c1-14(16-6-4-3-5-7-16)12-20-24-25-21(27-20)28-13-19(26)23-15(2)17-8-10-18(22)11-9-17/h3-11,14-15H,12-13H2,1-2H3,(H,23,26). The first-order chi connectivity index (χ1) is 13.5. The Labute approximate surface area is 173 Å². The van der Waals surface area contributed by atoms with Crippen LogP contribution in [0.25, 0.3) is 0 Å². The lowest BCUT2D eigenvalue weighted by atomic mass is 9.98. The molecule has 0 aliphatic heterocycles. The first kappa shape index (κ1) is 20.4. The Morgan fingerprint density at radius 3 is 2.50 bits per heavy atom. The molecule has 5 nitrogen and oxygen atoms in total. The molecule has 1 amide bonds. The monoisotopic (exact) mass is 415 g/mol. The van der Waals surface area contributed by atoms with Crippen LogP contribution >= 0.6 is 23.4 Å². The molecule has 2 atom stereocenters. The minimum atomic E-state index is -0.102. The highest BCUT2D eigenvalue weighted by Crippen LogP contribution is 2.22. The van der Waals surface area contributed by atoms with Gasteiger partial charge in [-0.25, -0.2) is 0 Å². The summed E-state index contributed by atoms with van der Waals surface area (Å²) in [6.07, 6.45) is 0.664. The molecule has 0 spiro atoms. The lowest BCUT2D eigenvalue weighted by Crippen LogP contribution is -2.28. The molecule has 1 N–H and O–H groups in total. The fourth-order valence-corrected chi connectivity index (χ4v) is 3.50. The van der Waals surface area contributed by atoms with Crippen molar-refractivity contribution < 1.29 is 9.21 Å². The van der Waals surface area contributed by atoms with Crippen LogP contribution < -0.4 is 5.32 Å². The number of halogens is 1. The minimum absolute atomic E-state index is 0.0927. The predicted octanol–water partition coefficient (Wildman–Crippen LogP) is 5.04. The van der Waals surface area contributed by atoms with Crippen molar-refractivity contribution in [2.75, 3.05) is 5.75 Å². The summed E-state index contributed by atoms with van der Waals surface area (Å²) in [5, 5.41) is 12.2. The molecule has 3 aromatic rings. The van der Waals surface area contributed by atoms with Gasteiger partial charge in [0.05, 0.1) is 11.8 Å². The number of nitrogens with zero attached hydrogens (tertiary/aromatic N) is 2. The van der Waals surface area contributed by atoms with E-state index in [1.807, 2.05) is 49.4 Å². The van der Waals surface area contributed by atoms with Crippen LogP contribution in [-0.4, -0.2) is 21.9 Å². The molecule has 0 aliphatic carbocycles. The van der Waals surface area contributed by atoms with E-state index in [2.05, 4.69) is 34.6 Å². The number of nitrogens with one attached hydrogen (secondary N) is 1. The van der Waals surface area contributed by atoms with Crippen LogP contribution in [0.15, 0.2) is 64.2 Å². The lowest BCUT2D eigenvalue weighted by Gasteiger charge is -2.13. The van der Waals surface area contributed by atoms with Crippen LogP contribution in [0.4, 0.5) is 0 Å². The number of rotatable bonds is 8. The van der Waals surface area contributed by atoms with E-state index in [4.69, 9.17) is 16.0 Å². The first-order valence-corrected chi connectivity index (χ1v) is 10.4. The van der Waals surface area contributed by atoms with Gasteiger partial charge in [0, 0.05) is 11.4 Å². The van der Waals surface area contributed by atoms with Gasteiger partial charge in [-0.3, -0.25) is 4.79 Å². The van der Waals surface area contributed by atoms with E-state index in [-0.39, 0.29) is 23.6 Å². The second-order valence-corrected chi connectivity index (χ2v) is 7.97. The summed E-state index contributed by atoms with van der Waals surface area (Å²) < 4.78 is 5.68. The van der Waals surface area contributed by atoms with Crippen molar-refractivity contribution in [1.29, 1.82) is 0 Å². The predicted molar refractivity (Wildman–Crippen MR) is 112 cm³/mol. The molecule has 0 saturated carbocycles. The fourth-order valence-electron chi connectivity index (χ4n) is 2.79. The molecular weight excluding hydrogens is 394 g/mol. The average Bonchev–Trinajstić information content (AvgIpc) is 3.15. The number of carbonyl (C=O) groups excluding carboxylic acids is 1. The van der Waals surface area contributed by atoms with Crippen LogP contribution in [0.1, 0.15) is 42.8 Å². The quantitative estimate of drug-likeness (QED) is 0.522. The van der Waals surface area contributed by atoms with Gasteiger partial charge in [-0.1, -0.05) is 72.8 Å². The molecule has 2 aromatic carbocycles. The number of carbonyl (C=O) groups is 1. The molecule has 0 fully saturated rings. The smallest absolute Gasteiger partial charge is 0.277 e. The van der Waals surface area contributed by atoms with Crippen molar-refractivity contribution in [1.82, 2.24) is 15.5 Å². The highest BCUT2D eigenvalue weighted by atomic mass is 35.5. The van der Waals surface area contributed by atoms with Crippen molar-refractivity contribution in [3.63, 3.8) is 0 Å². The number of amides is 1. The van der Waals surface area contributed by atoms with Crippen molar-refractivity contribution in [3.05, 3.63) is 76.6 Å². The van der Waals surface area contributed by atoms with Gasteiger partial charge >= 0.3 is 0 Å². The molecule has 1 heterocycles. The van der Waals surface area contributed by atoms with E-state index < -0.39 is 0 Å². The number of hydrogen-bond acceptors (Lipinski definition) is 5. The molecule has 0 bridgehead atoms. The lowest BCUT2D eigenvalue weighted by molar-refractivity contribution is -0.119. The Kier molecular flexibility index (Phi) is 7.12. The van der Waals surface area contributed by atoms with Gasteiger partial charge in [-0.15, -0.1) is 10.2 Å². The van der Waals surface area contributed by atoms with Gasteiger partial charge < -0.3 is 9.73 Å². The Bertz CT molecular complexity index is 900. The number of hydrogen-bond donors (Lipinski definition) is 1. The third kappa shape index (κ3) is 5.84. The van der Waals surface area contributed by atoms with Crippen LogP contribution in [0.2, 0.25) is 5.02 Å². The molecule has 146 valence electrons. The third-order valence-corrected chi connectivity index (χ3v) is 5.44. The first-order valence-electron chi connectivity index (χ1n) is 9.06. The molecule has 1 aromatic heterocycles. The third-order valence-electron chi connectivity index (χ3n) is 4.37. The molecule has 0 aliphatic rings. The largest absolute Gasteiger partial charge is 0.416 e. The zero-order chi connectivity index (χ0) is 19.9. The van der Waals surface area contributed by atoms with Gasteiger partial charge in [0.25, 0.3) is 5.22 Å². The van der Waals surface area contributed by atoms with E-state index in [0.717, 1.165) is 5.56 Å². The van der Waals surface area contributed by atoms with Crippen LogP contribution in [0.5, 0.6) is 0 Å². The SMILES string of the molecule is CC(Cc1nnc(SCC(=O)NC(C)c2ccc(Cl)cc2)o1)c1ccccc1. The summed E-state index contributed by atoms with van der Waals surface area (Å²) in [4.78, 5) is 12.2. The van der Waals surface area contributed by atoms with E-state index in [0.29, 0.717) is 22.6 Å². The van der Waals surface area contributed by atoms with Crippen LogP contribution in [0.3, 0.4) is 0 Å². The number of benzene rings is 2. The maximum Gasteiger partial charge on any atom is 0.277 e. The summed E-state index contributed by atoms with van der Waals surface area (Å²) in [6.45, 7) is 4.06. The van der Waals surface area contributed by atoms with E-state index >= 15 is 0 Å². The zero-order valence-corrected chi connectivity index (χ0v) is 17.3. The molecule has 0 saturated heterocycles. The molecule has 0 radical (unpaired) electrons. The minimum Gasteiger partial charge on any atom is -0.416 e. The average molecular weight is 416 g/mol. The fraction of sp³-hybridized carbons (Fsp3) is 0.286.